The highest BCUT2D eigenvalue weighted by atomic mass is 33.1. The second kappa shape index (κ2) is 2.96. The van der Waals surface area contributed by atoms with E-state index in [1.807, 2.05) is 21.6 Å². The van der Waals surface area contributed by atoms with Crippen molar-refractivity contribution >= 4 is 21.6 Å². The van der Waals surface area contributed by atoms with E-state index in [0.29, 0.717) is 0 Å². The van der Waals surface area contributed by atoms with Gasteiger partial charge in [0, 0.05) is 0 Å². The Labute approximate surface area is 67.7 Å². The summed E-state index contributed by atoms with van der Waals surface area (Å²) in [6.45, 7) is 1.45. The molecule has 10 heavy (non-hydrogen) atoms. The molecular formula is C6H8O2S2. The average Bonchev–Trinajstić information content (AvgIpc) is 2.05. The van der Waals surface area contributed by atoms with Crippen LogP contribution >= 0.6 is 21.6 Å². The van der Waals surface area contributed by atoms with Crippen molar-refractivity contribution in [2.45, 2.75) is 0 Å². The van der Waals surface area contributed by atoms with Crippen LogP contribution in [0.15, 0.2) is 11.5 Å². The van der Waals surface area contributed by atoms with Crippen molar-refractivity contribution in [3.8, 4) is 0 Å². The molecule has 2 heterocycles. The lowest BCUT2D eigenvalue weighted by molar-refractivity contribution is 0.0666. The van der Waals surface area contributed by atoms with Crippen molar-refractivity contribution in [3.63, 3.8) is 0 Å². The van der Waals surface area contributed by atoms with Crippen molar-refractivity contribution in [3.05, 3.63) is 11.5 Å². The lowest BCUT2D eigenvalue weighted by Gasteiger charge is -2.24. The van der Waals surface area contributed by atoms with Crippen LogP contribution in [0.1, 0.15) is 0 Å². The van der Waals surface area contributed by atoms with Gasteiger partial charge in [-0.2, -0.15) is 0 Å². The Morgan fingerprint density at radius 2 is 1.40 bits per heavy atom. The molecule has 56 valence electrons. The van der Waals surface area contributed by atoms with Crippen LogP contribution in [0.2, 0.25) is 0 Å². The minimum Gasteiger partial charge on any atom is -0.490 e. The number of hydrogen-bond acceptors (Lipinski definition) is 4. The maximum Gasteiger partial charge on any atom is 0.145 e. The highest BCUT2D eigenvalue weighted by Gasteiger charge is 2.19. The molecule has 2 nitrogen and oxygen atoms in total. The van der Waals surface area contributed by atoms with Gasteiger partial charge >= 0.3 is 0 Å². The Bertz CT molecular complexity index is 133. The van der Waals surface area contributed by atoms with E-state index in [-0.39, 0.29) is 0 Å². The fraction of sp³-hybridized carbons (Fsp3) is 0.667. The van der Waals surface area contributed by atoms with Crippen LogP contribution in [0.25, 0.3) is 0 Å². The molecule has 0 aromatic carbocycles. The molecule has 2 aliphatic heterocycles. The van der Waals surface area contributed by atoms with E-state index in [1.165, 1.54) is 0 Å². The van der Waals surface area contributed by atoms with E-state index in [1.54, 1.807) is 0 Å². The normalized spacial score (nSPS) is 24.8. The average molecular weight is 176 g/mol. The van der Waals surface area contributed by atoms with Crippen molar-refractivity contribution in [2.24, 2.45) is 0 Å². The van der Waals surface area contributed by atoms with Crippen LogP contribution in [0.3, 0.4) is 0 Å². The van der Waals surface area contributed by atoms with E-state index >= 15 is 0 Å². The summed E-state index contributed by atoms with van der Waals surface area (Å²) >= 11 is 0. The van der Waals surface area contributed by atoms with Gasteiger partial charge < -0.3 is 9.47 Å². The second-order valence-electron chi connectivity index (χ2n) is 2.07. The summed E-state index contributed by atoms with van der Waals surface area (Å²) in [6.07, 6.45) is 0. The zero-order chi connectivity index (χ0) is 6.81. The summed E-state index contributed by atoms with van der Waals surface area (Å²) in [6, 6.07) is 0. The lowest BCUT2D eigenvalue weighted by Crippen LogP contribution is -2.18. The predicted octanol–water partition coefficient (Wildman–Crippen LogP) is 1.64. The smallest absolute Gasteiger partial charge is 0.145 e. The monoisotopic (exact) mass is 176 g/mol. The van der Waals surface area contributed by atoms with Crippen LogP contribution in [0.4, 0.5) is 0 Å². The molecule has 0 aromatic heterocycles. The molecule has 0 saturated carbocycles. The van der Waals surface area contributed by atoms with E-state index in [4.69, 9.17) is 9.47 Å². The SMILES string of the molecule is C1COC2=C(CSSC2)O1. The summed E-state index contributed by atoms with van der Waals surface area (Å²) < 4.78 is 10.8. The molecule has 0 bridgehead atoms. The molecule has 0 aliphatic carbocycles. The molecular weight excluding hydrogens is 168 g/mol. The minimum atomic E-state index is 0.726. The fourth-order valence-corrected chi connectivity index (χ4v) is 2.94. The van der Waals surface area contributed by atoms with Gasteiger partial charge in [0.05, 0.1) is 11.5 Å². The Kier molecular flexibility index (Phi) is 2.00. The second-order valence-corrected chi connectivity index (χ2v) is 4.53. The van der Waals surface area contributed by atoms with Gasteiger partial charge in [0.25, 0.3) is 0 Å². The largest absolute Gasteiger partial charge is 0.490 e. The van der Waals surface area contributed by atoms with Gasteiger partial charge in [-0.15, -0.1) is 0 Å². The number of ether oxygens (including phenoxy) is 2. The van der Waals surface area contributed by atoms with Gasteiger partial charge in [0.15, 0.2) is 0 Å². The first kappa shape index (κ1) is 6.73. The molecule has 0 N–H and O–H groups in total. The van der Waals surface area contributed by atoms with Gasteiger partial charge in [0.2, 0.25) is 0 Å². The molecule has 2 rings (SSSR count). The molecule has 4 heteroatoms. The van der Waals surface area contributed by atoms with E-state index in [9.17, 15) is 0 Å². The molecule has 0 amide bonds. The van der Waals surface area contributed by atoms with Crippen LogP contribution < -0.4 is 0 Å². The van der Waals surface area contributed by atoms with Crippen LogP contribution in [0, 0.1) is 0 Å². The molecule has 0 unspecified atom stereocenters. The molecule has 0 radical (unpaired) electrons. The molecule has 0 spiro atoms. The lowest BCUT2D eigenvalue weighted by atomic mass is 10.4. The maximum absolute atomic E-state index is 5.40. The third-order valence-electron chi connectivity index (χ3n) is 1.41. The highest BCUT2D eigenvalue weighted by Crippen LogP contribution is 2.35. The minimum absolute atomic E-state index is 0.726. The summed E-state index contributed by atoms with van der Waals surface area (Å²) in [4.78, 5) is 0. The Morgan fingerprint density at radius 1 is 0.900 bits per heavy atom. The van der Waals surface area contributed by atoms with Crippen molar-refractivity contribution in [1.82, 2.24) is 0 Å². The predicted molar refractivity (Wildman–Crippen MR) is 43.8 cm³/mol. The third kappa shape index (κ3) is 1.22. The topological polar surface area (TPSA) is 18.5 Å². The Morgan fingerprint density at radius 3 is 1.90 bits per heavy atom. The maximum atomic E-state index is 5.40. The summed E-state index contributed by atoms with van der Waals surface area (Å²) in [5, 5.41) is 0. The van der Waals surface area contributed by atoms with Gasteiger partial charge in [-0.25, -0.2) is 0 Å². The van der Waals surface area contributed by atoms with Gasteiger partial charge in [-0.3, -0.25) is 0 Å². The molecule has 2 aliphatic rings. The first-order chi connectivity index (χ1) is 4.97. The zero-order valence-electron chi connectivity index (χ0n) is 5.46. The fourth-order valence-electron chi connectivity index (χ4n) is 0.925. The molecule has 0 fully saturated rings. The molecule has 0 saturated heterocycles. The summed E-state index contributed by atoms with van der Waals surface area (Å²) in [5.74, 6) is 4.07. The number of hydrogen-bond donors (Lipinski definition) is 0. The standard InChI is InChI=1S/C6H8O2S2/c1-2-8-6-4-10-9-3-5(6)7-1/h1-4H2. The van der Waals surface area contributed by atoms with Crippen LogP contribution in [-0.4, -0.2) is 24.7 Å². The van der Waals surface area contributed by atoms with E-state index in [2.05, 4.69) is 0 Å². The van der Waals surface area contributed by atoms with Crippen LogP contribution in [0.5, 0.6) is 0 Å². The van der Waals surface area contributed by atoms with E-state index in [0.717, 1.165) is 36.2 Å². The van der Waals surface area contributed by atoms with Gasteiger partial charge in [-0.05, 0) is 0 Å². The van der Waals surface area contributed by atoms with Crippen molar-refractivity contribution in [2.75, 3.05) is 24.7 Å². The summed E-state index contributed by atoms with van der Waals surface area (Å²) in [7, 11) is 3.67. The van der Waals surface area contributed by atoms with Gasteiger partial charge in [0.1, 0.15) is 24.7 Å². The Hall–Kier alpha value is 0.0400. The van der Waals surface area contributed by atoms with Gasteiger partial charge in [-0.1, -0.05) is 21.6 Å². The first-order valence-electron chi connectivity index (χ1n) is 3.19. The zero-order valence-corrected chi connectivity index (χ0v) is 7.09. The third-order valence-corrected chi connectivity index (χ3v) is 3.54. The van der Waals surface area contributed by atoms with Crippen molar-refractivity contribution in [1.29, 1.82) is 0 Å². The highest BCUT2D eigenvalue weighted by molar-refractivity contribution is 8.76. The molecule has 0 atom stereocenters. The van der Waals surface area contributed by atoms with E-state index < -0.39 is 0 Å². The quantitative estimate of drug-likeness (QED) is 0.522. The van der Waals surface area contributed by atoms with Crippen molar-refractivity contribution < 1.29 is 9.47 Å². The van der Waals surface area contributed by atoms with Crippen LogP contribution in [-0.2, 0) is 9.47 Å². The number of rotatable bonds is 0. The Balaban J connectivity index is 2.14. The first-order valence-corrected chi connectivity index (χ1v) is 5.67. The molecule has 0 aromatic rings. The summed E-state index contributed by atoms with van der Waals surface area (Å²) in [5.41, 5.74) is 0.